The molecule has 0 heterocycles. The van der Waals surface area contributed by atoms with Crippen LogP contribution in [0, 0.1) is 17.2 Å². The van der Waals surface area contributed by atoms with Gasteiger partial charge in [-0.1, -0.05) is 49.4 Å². The zero-order valence-corrected chi connectivity index (χ0v) is 9.76. The Labute approximate surface area is 97.2 Å². The highest BCUT2D eigenvalue weighted by atomic mass is 16.5. The number of rotatable bonds is 5. The second-order valence-corrected chi connectivity index (χ2v) is 3.81. The number of nitriles is 1. The maximum atomic E-state index is 8.64. The molecule has 0 fully saturated rings. The summed E-state index contributed by atoms with van der Waals surface area (Å²) >= 11 is 0. The predicted octanol–water partition coefficient (Wildman–Crippen LogP) is 3.26. The highest BCUT2D eigenvalue weighted by Crippen LogP contribution is 2.13. The normalized spacial score (nSPS) is 14.6. The number of methoxy groups -OCH3 is 1. The Morgan fingerprint density at radius 1 is 1.38 bits per heavy atom. The van der Waals surface area contributed by atoms with Gasteiger partial charge in [0.25, 0.3) is 0 Å². The molecule has 84 valence electrons. The molecule has 1 rings (SSSR count). The molecule has 0 aliphatic rings. The minimum Gasteiger partial charge on any atom is -0.377 e. The highest BCUT2D eigenvalue weighted by Gasteiger charge is 2.12. The summed E-state index contributed by atoms with van der Waals surface area (Å²) in [5.41, 5.74) is 1.15. The fraction of sp³-hybridized carbons (Fsp3) is 0.357. The first-order valence-electron chi connectivity index (χ1n) is 5.41. The van der Waals surface area contributed by atoms with Crippen LogP contribution in [0.4, 0.5) is 0 Å². The number of hydrogen-bond acceptors (Lipinski definition) is 2. The lowest BCUT2D eigenvalue weighted by Crippen LogP contribution is -2.17. The topological polar surface area (TPSA) is 33.0 Å². The van der Waals surface area contributed by atoms with E-state index in [1.165, 1.54) is 0 Å². The first-order valence-corrected chi connectivity index (χ1v) is 5.41. The molecule has 0 saturated carbocycles. The minimum atomic E-state index is -0.000133. The van der Waals surface area contributed by atoms with Gasteiger partial charge >= 0.3 is 0 Å². The van der Waals surface area contributed by atoms with E-state index >= 15 is 0 Å². The third-order valence-electron chi connectivity index (χ3n) is 2.52. The smallest absolute Gasteiger partial charge is 0.0790 e. The Hall–Kier alpha value is -1.59. The van der Waals surface area contributed by atoms with Crippen molar-refractivity contribution in [3.8, 4) is 6.07 Å². The second kappa shape index (κ2) is 6.81. The van der Waals surface area contributed by atoms with E-state index in [0.29, 0.717) is 6.42 Å². The van der Waals surface area contributed by atoms with Crippen molar-refractivity contribution in [2.75, 3.05) is 7.11 Å². The number of nitrogens with zero attached hydrogens (tertiary/aromatic N) is 1. The molecule has 0 aromatic heterocycles. The van der Waals surface area contributed by atoms with Gasteiger partial charge in [-0.15, -0.1) is 0 Å². The largest absolute Gasteiger partial charge is 0.377 e. The molecule has 1 aromatic rings. The summed E-state index contributed by atoms with van der Waals surface area (Å²) in [5.74, 6) is 0.218. The molecule has 0 N–H and O–H groups in total. The Morgan fingerprint density at radius 2 is 2.06 bits per heavy atom. The fourth-order valence-corrected chi connectivity index (χ4v) is 1.53. The fourth-order valence-electron chi connectivity index (χ4n) is 1.53. The quantitative estimate of drug-likeness (QED) is 0.755. The molecular weight excluding hydrogens is 198 g/mol. The summed E-state index contributed by atoms with van der Waals surface area (Å²) in [6.45, 7) is 2.02. The van der Waals surface area contributed by atoms with Crippen molar-refractivity contribution in [1.82, 2.24) is 0 Å². The van der Waals surface area contributed by atoms with Gasteiger partial charge in [0.2, 0.25) is 0 Å². The average Bonchev–Trinajstić information content (AvgIpc) is 2.31. The van der Waals surface area contributed by atoms with Gasteiger partial charge in [0, 0.05) is 13.5 Å². The van der Waals surface area contributed by atoms with Gasteiger partial charge in [-0.3, -0.25) is 0 Å². The summed E-state index contributed by atoms with van der Waals surface area (Å²) in [5, 5.41) is 8.64. The summed E-state index contributed by atoms with van der Waals surface area (Å²) < 4.78 is 5.35. The van der Waals surface area contributed by atoms with Gasteiger partial charge < -0.3 is 4.74 Å². The first-order chi connectivity index (χ1) is 7.77. The van der Waals surface area contributed by atoms with E-state index in [1.807, 2.05) is 49.4 Å². The van der Waals surface area contributed by atoms with Crippen LogP contribution >= 0.6 is 0 Å². The zero-order chi connectivity index (χ0) is 11.8. The van der Waals surface area contributed by atoms with E-state index < -0.39 is 0 Å². The number of hydrogen-bond donors (Lipinski definition) is 0. The monoisotopic (exact) mass is 215 g/mol. The van der Waals surface area contributed by atoms with Crippen molar-refractivity contribution in [2.45, 2.75) is 19.4 Å². The van der Waals surface area contributed by atoms with E-state index in [2.05, 4.69) is 6.07 Å². The zero-order valence-electron chi connectivity index (χ0n) is 9.76. The van der Waals surface area contributed by atoms with Gasteiger partial charge in [0.15, 0.2) is 0 Å². The van der Waals surface area contributed by atoms with Gasteiger partial charge in [-0.25, -0.2) is 0 Å². The Morgan fingerprint density at radius 3 is 2.62 bits per heavy atom. The lowest BCUT2D eigenvalue weighted by molar-refractivity contribution is 0.0988. The van der Waals surface area contributed by atoms with Crippen LogP contribution in [0.2, 0.25) is 0 Å². The van der Waals surface area contributed by atoms with Crippen LogP contribution in [0.15, 0.2) is 36.4 Å². The van der Waals surface area contributed by atoms with Gasteiger partial charge in [0.05, 0.1) is 12.2 Å². The maximum Gasteiger partial charge on any atom is 0.0790 e. The van der Waals surface area contributed by atoms with Crippen LogP contribution in [-0.4, -0.2) is 13.2 Å². The predicted molar refractivity (Wildman–Crippen MR) is 65.7 cm³/mol. The molecule has 16 heavy (non-hydrogen) atoms. The third-order valence-corrected chi connectivity index (χ3v) is 2.52. The van der Waals surface area contributed by atoms with Crippen molar-refractivity contribution in [3.05, 3.63) is 42.0 Å². The van der Waals surface area contributed by atoms with Crippen molar-refractivity contribution in [3.63, 3.8) is 0 Å². The molecule has 0 amide bonds. The van der Waals surface area contributed by atoms with E-state index in [-0.39, 0.29) is 12.0 Å². The Balaban J connectivity index is 2.63. The first kappa shape index (κ1) is 12.5. The Kier molecular flexibility index (Phi) is 5.31. The van der Waals surface area contributed by atoms with Crippen LogP contribution in [0.3, 0.4) is 0 Å². The standard InChI is InChI=1S/C14H17NO/c1-12(10-11-15)14(16-2)9-8-13-6-4-3-5-7-13/h3-9,12,14H,10H2,1-2H3/b9-8+/t12-,14-/m0/s1. The van der Waals surface area contributed by atoms with Gasteiger partial charge in [0.1, 0.15) is 0 Å². The molecule has 1 aromatic carbocycles. The lowest BCUT2D eigenvalue weighted by atomic mass is 10.0. The number of ether oxygens (including phenoxy) is 1. The van der Waals surface area contributed by atoms with Crippen LogP contribution in [0.5, 0.6) is 0 Å². The second-order valence-electron chi connectivity index (χ2n) is 3.81. The van der Waals surface area contributed by atoms with Crippen molar-refractivity contribution < 1.29 is 4.74 Å². The highest BCUT2D eigenvalue weighted by molar-refractivity contribution is 5.49. The molecule has 0 unspecified atom stereocenters. The molecule has 0 bridgehead atoms. The molecule has 2 heteroatoms. The molecule has 2 nitrogen and oxygen atoms in total. The van der Waals surface area contributed by atoms with Crippen LogP contribution in [0.25, 0.3) is 6.08 Å². The molecule has 0 saturated heterocycles. The van der Waals surface area contributed by atoms with E-state index in [4.69, 9.17) is 10.00 Å². The maximum absolute atomic E-state index is 8.64. The Bertz CT molecular complexity index is 364. The van der Waals surface area contributed by atoms with Crippen LogP contribution < -0.4 is 0 Å². The van der Waals surface area contributed by atoms with Crippen LogP contribution in [0.1, 0.15) is 18.9 Å². The third kappa shape index (κ3) is 3.88. The summed E-state index contributed by atoms with van der Waals surface area (Å²) in [7, 11) is 1.67. The molecular formula is C14H17NO. The minimum absolute atomic E-state index is 0.000133. The van der Waals surface area contributed by atoms with Crippen molar-refractivity contribution in [2.24, 2.45) is 5.92 Å². The molecule has 2 atom stereocenters. The lowest BCUT2D eigenvalue weighted by Gasteiger charge is -2.16. The average molecular weight is 215 g/mol. The van der Waals surface area contributed by atoms with Gasteiger partial charge in [-0.05, 0) is 11.5 Å². The van der Waals surface area contributed by atoms with Crippen molar-refractivity contribution >= 4 is 6.08 Å². The van der Waals surface area contributed by atoms with E-state index in [9.17, 15) is 0 Å². The van der Waals surface area contributed by atoms with E-state index in [0.717, 1.165) is 5.56 Å². The summed E-state index contributed by atoms with van der Waals surface area (Å²) in [4.78, 5) is 0. The summed E-state index contributed by atoms with van der Waals surface area (Å²) in [6.07, 6.45) is 4.55. The molecule has 0 radical (unpaired) electrons. The van der Waals surface area contributed by atoms with E-state index in [1.54, 1.807) is 7.11 Å². The van der Waals surface area contributed by atoms with Crippen molar-refractivity contribution in [1.29, 1.82) is 5.26 Å². The van der Waals surface area contributed by atoms with Crippen LogP contribution in [-0.2, 0) is 4.74 Å². The van der Waals surface area contributed by atoms with Gasteiger partial charge in [-0.2, -0.15) is 5.26 Å². The molecule has 0 aliphatic heterocycles. The molecule has 0 aliphatic carbocycles. The molecule has 0 spiro atoms. The summed E-state index contributed by atoms with van der Waals surface area (Å²) in [6, 6.07) is 12.2. The number of benzene rings is 1. The SMILES string of the molecule is CO[C@@H](/C=C/c1ccccc1)[C@@H](C)CC#N.